The number of benzene rings is 1. The number of nitrogens with zero attached hydrogens (tertiary/aromatic N) is 2. The largest absolute Gasteiger partial charge is 0.387 e. The van der Waals surface area contributed by atoms with Gasteiger partial charge >= 0.3 is 0 Å². The van der Waals surface area contributed by atoms with Crippen molar-refractivity contribution in [3.63, 3.8) is 0 Å². The van der Waals surface area contributed by atoms with Gasteiger partial charge in [-0.05, 0) is 17.6 Å². The third kappa shape index (κ3) is 3.76. The number of hydrogen-bond donors (Lipinski definition) is 2. The summed E-state index contributed by atoms with van der Waals surface area (Å²) in [6.07, 6.45) is 2.57. The van der Waals surface area contributed by atoms with Gasteiger partial charge in [0, 0.05) is 19.6 Å². The lowest BCUT2D eigenvalue weighted by molar-refractivity contribution is -0.118. The molecular weight excluding hydrogens is 298 g/mol. The lowest BCUT2D eigenvalue weighted by Crippen LogP contribution is -2.34. The van der Waals surface area contributed by atoms with E-state index in [-0.39, 0.29) is 5.91 Å². The molecule has 1 aromatic rings. The van der Waals surface area contributed by atoms with Crippen molar-refractivity contribution in [3.8, 4) is 0 Å². The summed E-state index contributed by atoms with van der Waals surface area (Å²) in [6.45, 7) is 2.32. The molecule has 6 heteroatoms. The number of nitrogens with one attached hydrogen (secondary N) is 1. The summed E-state index contributed by atoms with van der Waals surface area (Å²) in [4.78, 5) is 13.3. The zero-order chi connectivity index (χ0) is 15.4. The quantitative estimate of drug-likeness (QED) is 0.884. The van der Waals surface area contributed by atoms with Crippen LogP contribution in [0.3, 0.4) is 0 Å². The van der Waals surface area contributed by atoms with Crippen LogP contribution in [-0.2, 0) is 4.79 Å². The highest BCUT2D eigenvalue weighted by atomic mass is 32.2. The van der Waals surface area contributed by atoms with E-state index in [0.29, 0.717) is 12.3 Å². The first kappa shape index (κ1) is 15.3. The molecule has 2 heterocycles. The Morgan fingerprint density at radius 2 is 2.18 bits per heavy atom. The Bertz CT molecular complexity index is 601. The summed E-state index contributed by atoms with van der Waals surface area (Å²) >= 11 is 1.49. The molecule has 2 aliphatic rings. The summed E-state index contributed by atoms with van der Waals surface area (Å²) in [7, 11) is 0. The number of β-amino-alcohol motifs (C(OH)–C–C–N with tert-alkyl or cyclic N) is 1. The average Bonchev–Trinajstić information content (AvgIpc) is 2.57. The van der Waals surface area contributed by atoms with Gasteiger partial charge in [0.25, 0.3) is 5.91 Å². The summed E-state index contributed by atoms with van der Waals surface area (Å²) < 4.78 is 0. The van der Waals surface area contributed by atoms with Gasteiger partial charge in [-0.15, -0.1) is 0 Å². The van der Waals surface area contributed by atoms with Gasteiger partial charge in [0.05, 0.1) is 11.9 Å². The minimum atomic E-state index is -0.461. The molecule has 1 amide bonds. The second kappa shape index (κ2) is 7.09. The topological polar surface area (TPSA) is 64.9 Å². The third-order valence-corrected chi connectivity index (χ3v) is 4.84. The number of rotatable bonds is 4. The van der Waals surface area contributed by atoms with Crippen LogP contribution < -0.4 is 5.43 Å². The van der Waals surface area contributed by atoms with Gasteiger partial charge in [-0.25, -0.2) is 5.43 Å². The first-order valence-electron chi connectivity index (χ1n) is 7.36. The first-order chi connectivity index (χ1) is 10.7. The molecular formula is C16H19N3O2S. The molecule has 0 fully saturated rings. The smallest absolute Gasteiger partial charge is 0.250 e. The number of thioether (sulfide) groups is 1. The van der Waals surface area contributed by atoms with Gasteiger partial charge in [0.2, 0.25) is 0 Å². The molecule has 0 radical (unpaired) electrons. The lowest BCUT2D eigenvalue weighted by Gasteiger charge is -2.29. The minimum Gasteiger partial charge on any atom is -0.387 e. The van der Waals surface area contributed by atoms with Gasteiger partial charge in [-0.3, -0.25) is 9.69 Å². The molecule has 0 saturated carbocycles. The van der Waals surface area contributed by atoms with Crippen molar-refractivity contribution in [2.45, 2.75) is 12.5 Å². The SMILES string of the molecule is O=C1CSC(C2=CCN(CC(O)c3ccccc3)CC2)=NN1. The van der Waals surface area contributed by atoms with E-state index >= 15 is 0 Å². The van der Waals surface area contributed by atoms with Crippen LogP contribution in [-0.4, -0.2) is 46.3 Å². The third-order valence-electron chi connectivity index (χ3n) is 3.81. The predicted octanol–water partition coefficient (Wildman–Crippen LogP) is 1.53. The van der Waals surface area contributed by atoms with Crippen LogP contribution in [0.1, 0.15) is 18.1 Å². The highest BCUT2D eigenvalue weighted by molar-refractivity contribution is 8.15. The highest BCUT2D eigenvalue weighted by Crippen LogP contribution is 2.22. The maximum Gasteiger partial charge on any atom is 0.250 e. The molecule has 0 aromatic heterocycles. The van der Waals surface area contributed by atoms with E-state index in [2.05, 4.69) is 21.5 Å². The van der Waals surface area contributed by atoms with E-state index in [1.165, 1.54) is 17.3 Å². The fourth-order valence-electron chi connectivity index (χ4n) is 2.57. The fraction of sp³-hybridized carbons (Fsp3) is 0.375. The molecule has 0 bridgehead atoms. The fourth-order valence-corrected chi connectivity index (χ4v) is 3.39. The van der Waals surface area contributed by atoms with Crippen molar-refractivity contribution in [2.24, 2.45) is 5.10 Å². The molecule has 1 unspecified atom stereocenters. The summed E-state index contributed by atoms with van der Waals surface area (Å²) in [6, 6.07) is 9.74. The molecule has 1 atom stereocenters. The molecule has 22 heavy (non-hydrogen) atoms. The van der Waals surface area contributed by atoms with Crippen LogP contribution in [0.4, 0.5) is 0 Å². The molecule has 0 aliphatic carbocycles. The van der Waals surface area contributed by atoms with E-state index in [1.807, 2.05) is 30.3 Å². The molecule has 0 saturated heterocycles. The van der Waals surface area contributed by atoms with E-state index in [9.17, 15) is 9.90 Å². The monoisotopic (exact) mass is 317 g/mol. The van der Waals surface area contributed by atoms with Crippen molar-refractivity contribution in [2.75, 3.05) is 25.4 Å². The van der Waals surface area contributed by atoms with E-state index in [0.717, 1.165) is 30.1 Å². The van der Waals surface area contributed by atoms with Gasteiger partial charge in [0.15, 0.2) is 0 Å². The lowest BCUT2D eigenvalue weighted by atomic mass is 10.1. The van der Waals surface area contributed by atoms with Crippen LogP contribution in [0, 0.1) is 0 Å². The first-order valence-corrected chi connectivity index (χ1v) is 8.35. The molecule has 0 spiro atoms. The van der Waals surface area contributed by atoms with E-state index in [1.54, 1.807) is 0 Å². The zero-order valence-electron chi connectivity index (χ0n) is 12.2. The average molecular weight is 317 g/mol. The van der Waals surface area contributed by atoms with E-state index in [4.69, 9.17) is 0 Å². The Morgan fingerprint density at radius 1 is 1.36 bits per heavy atom. The number of carbonyl (C=O) groups excluding carboxylic acids is 1. The van der Waals surface area contributed by atoms with Gasteiger partial charge in [-0.1, -0.05) is 48.2 Å². The van der Waals surface area contributed by atoms with Crippen molar-refractivity contribution in [3.05, 3.63) is 47.5 Å². The highest BCUT2D eigenvalue weighted by Gasteiger charge is 2.21. The Hall–Kier alpha value is -1.63. The summed E-state index contributed by atoms with van der Waals surface area (Å²) in [5.74, 6) is 0.393. The van der Waals surface area contributed by atoms with Crippen LogP contribution in [0.2, 0.25) is 0 Å². The van der Waals surface area contributed by atoms with Crippen molar-refractivity contribution < 1.29 is 9.90 Å². The minimum absolute atomic E-state index is 0.0437. The van der Waals surface area contributed by atoms with Crippen LogP contribution in [0.5, 0.6) is 0 Å². The summed E-state index contributed by atoms with van der Waals surface area (Å²) in [5, 5.41) is 15.3. The normalized spacial score (nSPS) is 20.9. The van der Waals surface area contributed by atoms with Gasteiger partial charge < -0.3 is 5.11 Å². The second-order valence-corrected chi connectivity index (χ2v) is 6.37. The van der Waals surface area contributed by atoms with Crippen LogP contribution >= 0.6 is 11.8 Å². The number of hydrogen-bond acceptors (Lipinski definition) is 5. The number of hydrazone groups is 1. The van der Waals surface area contributed by atoms with Gasteiger partial charge in [0.1, 0.15) is 5.04 Å². The molecule has 3 rings (SSSR count). The second-order valence-electron chi connectivity index (χ2n) is 5.41. The molecule has 116 valence electrons. The molecule has 1 aromatic carbocycles. The number of aliphatic hydroxyl groups is 1. The van der Waals surface area contributed by atoms with E-state index < -0.39 is 6.10 Å². The maximum atomic E-state index is 11.1. The van der Waals surface area contributed by atoms with Gasteiger partial charge in [-0.2, -0.15) is 5.10 Å². The molecule has 2 N–H and O–H groups in total. The van der Waals surface area contributed by atoms with Crippen molar-refractivity contribution >= 4 is 22.7 Å². The van der Waals surface area contributed by atoms with Crippen molar-refractivity contribution in [1.82, 2.24) is 10.3 Å². The Kier molecular flexibility index (Phi) is 4.92. The van der Waals surface area contributed by atoms with Crippen LogP contribution in [0.25, 0.3) is 0 Å². The number of carbonyl (C=O) groups is 1. The Labute approximate surface area is 134 Å². The molecule has 5 nitrogen and oxygen atoms in total. The Balaban J connectivity index is 1.56. The maximum absolute atomic E-state index is 11.1. The van der Waals surface area contributed by atoms with Crippen molar-refractivity contribution in [1.29, 1.82) is 0 Å². The predicted molar refractivity (Wildman–Crippen MR) is 88.6 cm³/mol. The molecule has 2 aliphatic heterocycles. The number of aliphatic hydroxyl groups excluding tert-OH is 1. The van der Waals surface area contributed by atoms with Crippen LogP contribution in [0.15, 0.2) is 47.1 Å². The number of amides is 1. The standard InChI is InChI=1S/C16H19N3O2S/c20-14(12-4-2-1-3-5-12)10-19-8-6-13(7-9-19)16-18-17-15(21)11-22-16/h1-6,14,20H,7-11H2,(H,17,21). The Morgan fingerprint density at radius 3 is 2.82 bits per heavy atom. The zero-order valence-corrected chi connectivity index (χ0v) is 13.1. The summed E-state index contributed by atoms with van der Waals surface area (Å²) in [5.41, 5.74) is 4.67.